The summed E-state index contributed by atoms with van der Waals surface area (Å²) in [6.07, 6.45) is 0. The third kappa shape index (κ3) is 5.16. The zero-order chi connectivity index (χ0) is 25.5. The number of hydrogen-bond acceptors (Lipinski definition) is 11. The first-order valence-electron chi connectivity index (χ1n) is 8.98. The van der Waals surface area contributed by atoms with Gasteiger partial charge < -0.3 is 15.3 Å². The number of aromatic hydroxyl groups is 2. The first kappa shape index (κ1) is 25.5. The molecular formula is C18H16N2O11S3. The number of phenols is 2. The summed E-state index contributed by atoms with van der Waals surface area (Å²) in [6.45, 7) is -0.638. The predicted octanol–water partition coefficient (Wildman–Crippen LogP) is 1.93. The molecule has 0 aliphatic heterocycles. The van der Waals surface area contributed by atoms with Gasteiger partial charge in [-0.1, -0.05) is 6.07 Å². The van der Waals surface area contributed by atoms with E-state index in [0.717, 1.165) is 36.4 Å². The fourth-order valence-corrected chi connectivity index (χ4v) is 5.34. The molecule has 0 saturated heterocycles. The van der Waals surface area contributed by atoms with Gasteiger partial charge in [-0.15, -0.1) is 10.2 Å². The summed E-state index contributed by atoms with van der Waals surface area (Å²) in [5.41, 5.74) is -0.727. The van der Waals surface area contributed by atoms with Crippen LogP contribution in [0.1, 0.15) is 0 Å². The molecule has 0 radical (unpaired) electrons. The summed E-state index contributed by atoms with van der Waals surface area (Å²) in [6, 6.07) is 6.56. The molecule has 182 valence electrons. The average Bonchev–Trinajstić information content (AvgIpc) is 2.72. The number of hydrogen-bond donors (Lipinski definition) is 5. The minimum absolute atomic E-state index is 0.195. The second-order valence-electron chi connectivity index (χ2n) is 6.80. The Morgan fingerprint density at radius 2 is 1.38 bits per heavy atom. The van der Waals surface area contributed by atoms with Crippen LogP contribution in [-0.4, -0.2) is 62.0 Å². The van der Waals surface area contributed by atoms with Gasteiger partial charge in [0.1, 0.15) is 22.0 Å². The van der Waals surface area contributed by atoms with Crippen molar-refractivity contribution in [3.63, 3.8) is 0 Å². The number of nitrogens with zero attached hydrogens (tertiary/aromatic N) is 2. The van der Waals surface area contributed by atoms with Crippen LogP contribution in [0.4, 0.5) is 11.4 Å². The molecule has 0 saturated carbocycles. The Bertz CT molecular complexity index is 1650. The smallest absolute Gasteiger partial charge is 0.295 e. The maximum absolute atomic E-state index is 12.1. The lowest BCUT2D eigenvalue weighted by Gasteiger charge is -2.10. The predicted molar refractivity (Wildman–Crippen MR) is 117 cm³/mol. The summed E-state index contributed by atoms with van der Waals surface area (Å²) < 4.78 is 89.4. The lowest BCUT2D eigenvalue weighted by atomic mass is 10.1. The molecule has 0 heterocycles. The molecule has 0 aliphatic carbocycles. The van der Waals surface area contributed by atoms with E-state index < -0.39 is 69.1 Å². The van der Waals surface area contributed by atoms with E-state index in [1.807, 2.05) is 0 Å². The highest BCUT2D eigenvalue weighted by Gasteiger charge is 2.24. The number of rotatable bonds is 7. The topological polar surface area (TPSA) is 228 Å². The van der Waals surface area contributed by atoms with Crippen molar-refractivity contribution >= 4 is 52.2 Å². The zero-order valence-electron chi connectivity index (χ0n) is 16.8. The first-order chi connectivity index (χ1) is 15.6. The quantitative estimate of drug-likeness (QED) is 0.218. The number of aliphatic hydroxyl groups excluding tert-OH is 1. The normalized spacial score (nSPS) is 13.0. The molecule has 0 spiro atoms. The number of aliphatic hydroxyl groups is 1. The molecule has 16 heteroatoms. The second kappa shape index (κ2) is 8.90. The molecule has 3 aromatic carbocycles. The maximum Gasteiger partial charge on any atom is 0.295 e. The van der Waals surface area contributed by atoms with Gasteiger partial charge in [-0.25, -0.2) is 8.42 Å². The highest BCUT2D eigenvalue weighted by atomic mass is 32.2. The number of fused-ring (bicyclic) bond motifs is 1. The Morgan fingerprint density at radius 1 is 0.735 bits per heavy atom. The Balaban J connectivity index is 2.19. The van der Waals surface area contributed by atoms with Crippen LogP contribution in [0.5, 0.6) is 11.5 Å². The van der Waals surface area contributed by atoms with Gasteiger partial charge in [-0.2, -0.15) is 16.8 Å². The van der Waals surface area contributed by atoms with Crippen LogP contribution in [-0.2, 0) is 30.1 Å². The Labute approximate surface area is 193 Å². The fourth-order valence-electron chi connectivity index (χ4n) is 2.93. The van der Waals surface area contributed by atoms with Gasteiger partial charge >= 0.3 is 0 Å². The summed E-state index contributed by atoms with van der Waals surface area (Å²) in [5, 5.41) is 36.0. The highest BCUT2D eigenvalue weighted by Crippen LogP contribution is 2.41. The third-order valence-corrected chi connectivity index (χ3v) is 7.92. The number of azo groups is 1. The fraction of sp³-hybridized carbons (Fsp3) is 0.111. The SMILES string of the molecule is O=S(=O)(O)c1cc(S(=O)(=O)O)c2c(O)c(N=Nc3cc(S(=O)(=O)CCO)ccc3O)ccc2c1. The minimum atomic E-state index is -5.09. The van der Waals surface area contributed by atoms with E-state index in [9.17, 15) is 44.6 Å². The van der Waals surface area contributed by atoms with Crippen molar-refractivity contribution in [3.8, 4) is 11.5 Å². The number of sulfone groups is 1. The molecular weight excluding hydrogens is 516 g/mol. The molecule has 34 heavy (non-hydrogen) atoms. The molecule has 0 atom stereocenters. The van der Waals surface area contributed by atoms with E-state index in [4.69, 9.17) is 5.11 Å². The van der Waals surface area contributed by atoms with Crippen molar-refractivity contribution in [2.75, 3.05) is 12.4 Å². The van der Waals surface area contributed by atoms with Gasteiger partial charge in [0.2, 0.25) is 0 Å². The van der Waals surface area contributed by atoms with Crippen LogP contribution in [0, 0.1) is 0 Å². The summed E-state index contributed by atoms with van der Waals surface area (Å²) in [7, 11) is -13.8. The highest BCUT2D eigenvalue weighted by molar-refractivity contribution is 7.91. The molecule has 0 fully saturated rings. The van der Waals surface area contributed by atoms with Gasteiger partial charge in [-0.3, -0.25) is 9.11 Å². The third-order valence-electron chi connectivity index (χ3n) is 4.51. The van der Waals surface area contributed by atoms with E-state index in [1.54, 1.807) is 0 Å². The van der Waals surface area contributed by atoms with Crippen molar-refractivity contribution in [1.29, 1.82) is 0 Å². The van der Waals surface area contributed by atoms with Crippen LogP contribution in [0.2, 0.25) is 0 Å². The van der Waals surface area contributed by atoms with E-state index in [-0.39, 0.29) is 21.7 Å². The monoisotopic (exact) mass is 532 g/mol. The molecule has 3 aromatic rings. The van der Waals surface area contributed by atoms with Crippen molar-refractivity contribution < 1.29 is 49.7 Å². The molecule has 3 rings (SSSR count). The van der Waals surface area contributed by atoms with Crippen molar-refractivity contribution in [1.82, 2.24) is 0 Å². The summed E-state index contributed by atoms with van der Waals surface area (Å²) in [5.74, 6) is -1.91. The van der Waals surface area contributed by atoms with Gasteiger partial charge in [0.15, 0.2) is 15.6 Å². The molecule has 0 amide bonds. The van der Waals surface area contributed by atoms with Crippen LogP contribution in [0.3, 0.4) is 0 Å². The molecule has 5 N–H and O–H groups in total. The number of phenolic OH excluding ortho intramolecular Hbond substituents is 2. The largest absolute Gasteiger partial charge is 0.506 e. The van der Waals surface area contributed by atoms with E-state index in [1.165, 1.54) is 0 Å². The van der Waals surface area contributed by atoms with Crippen molar-refractivity contribution in [2.24, 2.45) is 10.2 Å². The van der Waals surface area contributed by atoms with Gasteiger partial charge in [0, 0.05) is 5.39 Å². The molecule has 0 unspecified atom stereocenters. The summed E-state index contributed by atoms with van der Waals surface area (Å²) in [4.78, 5) is -2.17. The maximum atomic E-state index is 12.1. The zero-order valence-corrected chi connectivity index (χ0v) is 19.2. The van der Waals surface area contributed by atoms with E-state index in [2.05, 4.69) is 10.2 Å². The Kier molecular flexibility index (Phi) is 6.66. The summed E-state index contributed by atoms with van der Waals surface area (Å²) >= 11 is 0. The standard InChI is InChI=1S/C18H16N2O11S3/c21-5-6-32(24,25)11-2-4-15(22)14(8-11)20-19-13-3-1-10-7-12(33(26,27)28)9-16(34(29,30)31)17(10)18(13)23/h1-4,7-9,21-23H,5-6H2,(H,26,27,28)(H,29,30,31). The van der Waals surface area contributed by atoms with Crippen LogP contribution >= 0.6 is 0 Å². The van der Waals surface area contributed by atoms with Gasteiger partial charge in [0.25, 0.3) is 20.2 Å². The molecule has 0 aromatic heterocycles. The van der Waals surface area contributed by atoms with Crippen LogP contribution in [0.25, 0.3) is 10.8 Å². The van der Waals surface area contributed by atoms with E-state index >= 15 is 0 Å². The van der Waals surface area contributed by atoms with Crippen LogP contribution in [0.15, 0.2) is 67.4 Å². The Hall–Kier alpha value is -3.15. The lowest BCUT2D eigenvalue weighted by molar-refractivity contribution is 0.319. The molecule has 0 aliphatic rings. The number of benzene rings is 3. The molecule has 0 bridgehead atoms. The second-order valence-corrected chi connectivity index (χ2v) is 11.7. The van der Waals surface area contributed by atoms with Crippen molar-refractivity contribution in [3.05, 3.63) is 42.5 Å². The van der Waals surface area contributed by atoms with Crippen molar-refractivity contribution in [2.45, 2.75) is 14.7 Å². The van der Waals surface area contributed by atoms with Crippen LogP contribution < -0.4 is 0 Å². The van der Waals surface area contributed by atoms with E-state index in [0.29, 0.717) is 6.07 Å². The molecule has 13 nitrogen and oxygen atoms in total. The lowest BCUT2D eigenvalue weighted by Crippen LogP contribution is -2.09. The van der Waals surface area contributed by atoms with Gasteiger partial charge in [0.05, 0.1) is 22.2 Å². The average molecular weight is 533 g/mol. The minimum Gasteiger partial charge on any atom is -0.506 e. The van der Waals surface area contributed by atoms with Gasteiger partial charge in [-0.05, 0) is 41.8 Å². The Morgan fingerprint density at radius 3 is 1.97 bits per heavy atom. The first-order valence-corrected chi connectivity index (χ1v) is 13.5.